The maximum absolute atomic E-state index is 4.68. The minimum absolute atomic E-state index is 0.655. The van der Waals surface area contributed by atoms with Gasteiger partial charge in [-0.3, -0.25) is 0 Å². The topological polar surface area (TPSA) is 37.8 Å². The van der Waals surface area contributed by atoms with Crippen molar-refractivity contribution in [3.05, 3.63) is 47.1 Å². The van der Waals surface area contributed by atoms with Gasteiger partial charge in [0.25, 0.3) is 0 Å². The Morgan fingerprint density at radius 1 is 1.03 bits per heavy atom. The number of nitrogens with zero attached hydrogens (tertiary/aromatic N) is 2. The van der Waals surface area contributed by atoms with E-state index in [1.807, 2.05) is 6.92 Å². The molecule has 1 aromatic carbocycles. The number of allylic oxidation sites excluding steroid dienone is 1. The first-order chi connectivity index (χ1) is 15.5. The van der Waals surface area contributed by atoms with E-state index in [9.17, 15) is 0 Å². The zero-order chi connectivity index (χ0) is 22.6. The van der Waals surface area contributed by atoms with Gasteiger partial charge in [-0.1, -0.05) is 39.2 Å². The molecule has 3 heteroatoms. The van der Waals surface area contributed by atoms with Crippen LogP contribution in [-0.2, 0) is 12.8 Å². The van der Waals surface area contributed by atoms with Gasteiger partial charge in [0, 0.05) is 23.3 Å². The maximum atomic E-state index is 4.68. The molecule has 5 rings (SSSR count). The summed E-state index contributed by atoms with van der Waals surface area (Å²) < 4.78 is 0. The molecule has 32 heavy (non-hydrogen) atoms. The average Bonchev–Trinajstić information content (AvgIpc) is 3.32. The van der Waals surface area contributed by atoms with Crippen LogP contribution in [0.3, 0.4) is 0 Å². The number of aryl methyl sites for hydroxylation is 4. The molecule has 0 amide bonds. The molecule has 0 atom stereocenters. The number of hydrogen-bond acceptors (Lipinski definition) is 3. The van der Waals surface area contributed by atoms with Gasteiger partial charge in [0.1, 0.15) is 5.82 Å². The molecule has 0 spiro atoms. The van der Waals surface area contributed by atoms with Gasteiger partial charge >= 0.3 is 0 Å². The summed E-state index contributed by atoms with van der Waals surface area (Å²) in [5.74, 6) is 1.93. The Balaban J connectivity index is 1.10. The predicted octanol–water partition coefficient (Wildman–Crippen LogP) is 7.38. The number of aromatic nitrogens is 2. The number of benzene rings is 1. The summed E-state index contributed by atoms with van der Waals surface area (Å²) in [4.78, 5) is 9.22. The Bertz CT molecular complexity index is 934. The van der Waals surface area contributed by atoms with Crippen LogP contribution in [0.15, 0.2) is 24.4 Å². The maximum Gasteiger partial charge on any atom is 0.126 e. The van der Waals surface area contributed by atoms with E-state index in [2.05, 4.69) is 47.8 Å². The molecule has 2 bridgehead atoms. The van der Waals surface area contributed by atoms with Crippen LogP contribution in [0.1, 0.15) is 100 Å². The first kappa shape index (κ1) is 23.3. The fraction of sp³-hybridized carbons (Fsp3) is 0.655. The van der Waals surface area contributed by atoms with Crippen molar-refractivity contribution in [2.75, 3.05) is 6.54 Å². The zero-order valence-corrected chi connectivity index (χ0v) is 20.7. The van der Waals surface area contributed by atoms with Gasteiger partial charge in [0.2, 0.25) is 0 Å². The molecule has 3 aliphatic rings. The molecular formula is C29H43N3. The fourth-order valence-electron chi connectivity index (χ4n) is 6.37. The summed E-state index contributed by atoms with van der Waals surface area (Å²) in [6, 6.07) is 4.65. The Hall–Kier alpha value is -1.90. The highest BCUT2D eigenvalue weighted by Gasteiger charge is 2.49. The second-order valence-electron chi connectivity index (χ2n) is 10.7. The fourth-order valence-corrected chi connectivity index (χ4v) is 6.37. The molecule has 3 nitrogen and oxygen atoms in total. The van der Waals surface area contributed by atoms with Gasteiger partial charge < -0.3 is 5.32 Å². The smallest absolute Gasteiger partial charge is 0.126 e. The van der Waals surface area contributed by atoms with Gasteiger partial charge in [-0.2, -0.15) is 0 Å². The molecule has 1 N–H and O–H groups in total. The van der Waals surface area contributed by atoms with E-state index >= 15 is 0 Å². The Morgan fingerprint density at radius 2 is 1.78 bits per heavy atom. The van der Waals surface area contributed by atoms with Gasteiger partial charge in [0.15, 0.2) is 0 Å². The van der Waals surface area contributed by atoms with Crippen molar-refractivity contribution in [2.24, 2.45) is 11.3 Å². The van der Waals surface area contributed by atoms with E-state index in [1.165, 1.54) is 99.3 Å². The van der Waals surface area contributed by atoms with E-state index in [4.69, 9.17) is 0 Å². The first-order valence-electron chi connectivity index (χ1n) is 13.2. The largest absolute Gasteiger partial charge is 0.389 e. The highest BCUT2D eigenvalue weighted by molar-refractivity contribution is 5.82. The quantitative estimate of drug-likeness (QED) is 0.335. The van der Waals surface area contributed by atoms with Crippen LogP contribution in [0, 0.1) is 25.2 Å². The Morgan fingerprint density at radius 3 is 2.50 bits per heavy atom. The average molecular weight is 434 g/mol. The lowest BCUT2D eigenvalue weighted by molar-refractivity contribution is 0.142. The highest BCUT2D eigenvalue weighted by Crippen LogP contribution is 2.61. The van der Waals surface area contributed by atoms with Crippen LogP contribution in [-0.4, -0.2) is 16.5 Å². The molecule has 3 aliphatic carbocycles. The standard InChI is InChI=1S/C29H43N3/c1-5-25-16-27-22(3)31-23(4)32-28(27)17-26(25)12-10-8-6-7-9-11-15-30-21(2)18-29-14-13-24(19-29)20-29/h16-17,24,30H,2,5-15,18-20H2,1,3-4H3. The second kappa shape index (κ2) is 10.4. The van der Waals surface area contributed by atoms with E-state index in [1.54, 1.807) is 0 Å². The van der Waals surface area contributed by atoms with Crippen molar-refractivity contribution in [2.45, 2.75) is 104 Å². The van der Waals surface area contributed by atoms with Gasteiger partial charge in [0.05, 0.1) is 5.52 Å². The van der Waals surface area contributed by atoms with Crippen LogP contribution in [0.4, 0.5) is 0 Å². The van der Waals surface area contributed by atoms with Gasteiger partial charge in [-0.05, 0) is 106 Å². The lowest BCUT2D eigenvalue weighted by Gasteiger charge is -2.39. The van der Waals surface area contributed by atoms with E-state index in [0.29, 0.717) is 5.41 Å². The molecule has 3 fully saturated rings. The molecular weight excluding hydrogens is 390 g/mol. The number of fused-ring (bicyclic) bond motifs is 2. The second-order valence-corrected chi connectivity index (χ2v) is 10.7. The van der Waals surface area contributed by atoms with Crippen LogP contribution < -0.4 is 5.32 Å². The lowest BCUT2D eigenvalue weighted by atomic mass is 9.67. The zero-order valence-electron chi connectivity index (χ0n) is 20.7. The summed E-state index contributed by atoms with van der Waals surface area (Å²) in [6.45, 7) is 11.7. The summed E-state index contributed by atoms with van der Waals surface area (Å²) >= 11 is 0. The highest BCUT2D eigenvalue weighted by atomic mass is 14.9. The SMILES string of the molecule is C=C(CC12CCC(C1)C2)NCCCCCCCCc1cc2nc(C)nc(C)c2cc1CC. The number of unbranched alkanes of at least 4 members (excludes halogenated alkanes) is 5. The van der Waals surface area contributed by atoms with E-state index in [0.717, 1.165) is 35.9 Å². The van der Waals surface area contributed by atoms with E-state index in [-0.39, 0.29) is 0 Å². The third-order valence-corrected chi connectivity index (χ3v) is 8.06. The van der Waals surface area contributed by atoms with Crippen molar-refractivity contribution < 1.29 is 0 Å². The van der Waals surface area contributed by atoms with Crippen LogP contribution in [0.5, 0.6) is 0 Å². The minimum Gasteiger partial charge on any atom is -0.389 e. The number of hydrogen-bond donors (Lipinski definition) is 1. The molecule has 3 saturated carbocycles. The third-order valence-electron chi connectivity index (χ3n) is 8.06. The molecule has 1 aromatic heterocycles. The van der Waals surface area contributed by atoms with Gasteiger partial charge in [-0.15, -0.1) is 0 Å². The van der Waals surface area contributed by atoms with Crippen LogP contribution in [0.25, 0.3) is 10.9 Å². The Labute approximate surface area is 195 Å². The van der Waals surface area contributed by atoms with Crippen molar-refractivity contribution in [1.29, 1.82) is 0 Å². The Kier molecular flexibility index (Phi) is 7.53. The molecule has 174 valence electrons. The number of nitrogens with one attached hydrogen (secondary N) is 1. The molecule has 2 aromatic rings. The lowest BCUT2D eigenvalue weighted by Crippen LogP contribution is -2.30. The monoisotopic (exact) mass is 433 g/mol. The molecule has 0 radical (unpaired) electrons. The summed E-state index contributed by atoms with van der Waals surface area (Å²) in [5, 5.41) is 4.83. The number of rotatable bonds is 13. The summed E-state index contributed by atoms with van der Waals surface area (Å²) in [6.07, 6.45) is 17.3. The normalized spacial score (nSPS) is 21.7. The van der Waals surface area contributed by atoms with Crippen LogP contribution >= 0.6 is 0 Å². The third kappa shape index (κ3) is 5.53. The van der Waals surface area contributed by atoms with Crippen LogP contribution in [0.2, 0.25) is 0 Å². The van der Waals surface area contributed by atoms with Crippen molar-refractivity contribution in [3.8, 4) is 0 Å². The summed E-state index contributed by atoms with van der Waals surface area (Å²) in [7, 11) is 0. The predicted molar refractivity (Wildman–Crippen MR) is 136 cm³/mol. The first-order valence-corrected chi connectivity index (χ1v) is 13.2. The summed E-state index contributed by atoms with van der Waals surface area (Å²) in [5.41, 5.74) is 7.11. The van der Waals surface area contributed by atoms with Crippen molar-refractivity contribution in [1.82, 2.24) is 15.3 Å². The molecule has 0 saturated heterocycles. The van der Waals surface area contributed by atoms with Crippen molar-refractivity contribution >= 4 is 10.9 Å². The molecule has 1 heterocycles. The van der Waals surface area contributed by atoms with E-state index < -0.39 is 0 Å². The van der Waals surface area contributed by atoms with Gasteiger partial charge in [-0.25, -0.2) is 9.97 Å². The molecule has 0 aliphatic heterocycles. The molecule has 0 unspecified atom stereocenters. The van der Waals surface area contributed by atoms with Crippen molar-refractivity contribution in [3.63, 3.8) is 0 Å². The minimum atomic E-state index is 0.655.